The van der Waals surface area contributed by atoms with Crippen LogP contribution >= 0.6 is 0 Å². The van der Waals surface area contributed by atoms with E-state index in [0.29, 0.717) is 6.04 Å². The van der Waals surface area contributed by atoms with Crippen molar-refractivity contribution in [1.29, 1.82) is 0 Å². The summed E-state index contributed by atoms with van der Waals surface area (Å²) >= 11 is 0. The van der Waals surface area contributed by atoms with Crippen LogP contribution in [0.3, 0.4) is 0 Å². The van der Waals surface area contributed by atoms with Crippen LogP contribution in [0.25, 0.3) is 11.0 Å². The Hall–Kier alpha value is -1.51. The predicted molar refractivity (Wildman–Crippen MR) is 82.6 cm³/mol. The van der Waals surface area contributed by atoms with Gasteiger partial charge in [-0.2, -0.15) is 0 Å². The minimum Gasteiger partial charge on any atom is -0.382 e. The molecule has 2 rings (SSSR count). The lowest BCUT2D eigenvalue weighted by Gasteiger charge is -2.21. The molecule has 1 aromatic heterocycles. The average Bonchev–Trinajstić information content (AvgIpc) is 2.77. The molecule has 3 nitrogen and oxygen atoms in total. The molecule has 0 aliphatic carbocycles. The zero-order valence-electron chi connectivity index (χ0n) is 12.5. The molecule has 0 amide bonds. The number of anilines is 1. The fraction of sp³-hybridized carbons (Fsp3) is 0.562. The molecular weight excluding hydrogens is 234 g/mol. The number of aryl methyl sites for hydroxylation is 1. The van der Waals surface area contributed by atoms with Crippen LogP contribution in [0.4, 0.5) is 5.69 Å². The second kappa shape index (κ2) is 6.09. The number of fused-ring (bicyclic) bond motifs is 1. The molecule has 0 saturated heterocycles. The third-order valence-corrected chi connectivity index (χ3v) is 3.85. The van der Waals surface area contributed by atoms with Crippen LogP contribution in [-0.2, 0) is 0 Å². The summed E-state index contributed by atoms with van der Waals surface area (Å²) in [5.41, 5.74) is 3.34. The number of H-pyrrole nitrogens is 1. The zero-order chi connectivity index (χ0) is 13.8. The maximum atomic E-state index is 4.43. The maximum Gasteiger partial charge on any atom is 0.104 e. The molecule has 2 atom stereocenters. The molecule has 0 spiro atoms. The molecule has 2 unspecified atom stereocenters. The van der Waals surface area contributed by atoms with Crippen molar-refractivity contribution < 1.29 is 0 Å². The Morgan fingerprint density at radius 3 is 2.74 bits per heavy atom. The Balaban J connectivity index is 2.10. The van der Waals surface area contributed by atoms with E-state index < -0.39 is 0 Å². The standard InChI is InChI=1S/C16H25N3/c1-5-11(3)9-13(6-2)19-14-7-8-15-16(10-14)18-12(4)17-15/h7-8,10-11,13,19H,5-6,9H2,1-4H3,(H,17,18). The van der Waals surface area contributed by atoms with Crippen molar-refractivity contribution in [1.82, 2.24) is 9.97 Å². The largest absolute Gasteiger partial charge is 0.382 e. The first-order valence-corrected chi connectivity index (χ1v) is 7.35. The molecule has 0 bridgehead atoms. The number of nitrogens with one attached hydrogen (secondary N) is 2. The average molecular weight is 259 g/mol. The van der Waals surface area contributed by atoms with Gasteiger partial charge in [-0.05, 0) is 43.9 Å². The van der Waals surface area contributed by atoms with Crippen molar-refractivity contribution in [2.24, 2.45) is 5.92 Å². The molecule has 0 aliphatic heterocycles. The van der Waals surface area contributed by atoms with Gasteiger partial charge in [0.15, 0.2) is 0 Å². The van der Waals surface area contributed by atoms with E-state index in [1.54, 1.807) is 0 Å². The lowest BCUT2D eigenvalue weighted by atomic mass is 9.97. The molecule has 2 aromatic rings. The van der Waals surface area contributed by atoms with E-state index in [0.717, 1.165) is 29.2 Å². The molecule has 3 heteroatoms. The Labute approximate surface area is 115 Å². The van der Waals surface area contributed by atoms with Crippen molar-refractivity contribution in [3.63, 3.8) is 0 Å². The quantitative estimate of drug-likeness (QED) is 0.802. The first-order valence-electron chi connectivity index (χ1n) is 7.35. The number of aromatic nitrogens is 2. The number of nitrogens with zero attached hydrogens (tertiary/aromatic N) is 1. The first-order chi connectivity index (χ1) is 9.12. The van der Waals surface area contributed by atoms with Crippen LogP contribution in [-0.4, -0.2) is 16.0 Å². The summed E-state index contributed by atoms with van der Waals surface area (Å²) in [5.74, 6) is 1.74. The fourth-order valence-corrected chi connectivity index (χ4v) is 2.44. The lowest BCUT2D eigenvalue weighted by molar-refractivity contribution is 0.462. The molecule has 104 valence electrons. The van der Waals surface area contributed by atoms with Crippen LogP contribution in [0.15, 0.2) is 18.2 Å². The van der Waals surface area contributed by atoms with E-state index >= 15 is 0 Å². The van der Waals surface area contributed by atoms with Crippen molar-refractivity contribution in [2.75, 3.05) is 5.32 Å². The van der Waals surface area contributed by atoms with Gasteiger partial charge >= 0.3 is 0 Å². The smallest absolute Gasteiger partial charge is 0.104 e. The van der Waals surface area contributed by atoms with Gasteiger partial charge in [0.1, 0.15) is 5.82 Å². The molecule has 2 N–H and O–H groups in total. The molecular formula is C16H25N3. The molecule has 1 aromatic carbocycles. The van der Waals surface area contributed by atoms with Crippen LogP contribution < -0.4 is 5.32 Å². The molecule has 0 radical (unpaired) electrons. The highest BCUT2D eigenvalue weighted by atomic mass is 14.9. The monoisotopic (exact) mass is 259 g/mol. The Morgan fingerprint density at radius 1 is 1.26 bits per heavy atom. The van der Waals surface area contributed by atoms with Crippen LogP contribution in [0.5, 0.6) is 0 Å². The van der Waals surface area contributed by atoms with Gasteiger partial charge in [-0.3, -0.25) is 0 Å². The van der Waals surface area contributed by atoms with Gasteiger partial charge in [0.25, 0.3) is 0 Å². The van der Waals surface area contributed by atoms with E-state index in [1.807, 2.05) is 6.92 Å². The van der Waals surface area contributed by atoms with Gasteiger partial charge in [0, 0.05) is 11.7 Å². The fourth-order valence-electron chi connectivity index (χ4n) is 2.44. The number of aromatic amines is 1. The van der Waals surface area contributed by atoms with Crippen molar-refractivity contribution in [3.05, 3.63) is 24.0 Å². The summed E-state index contributed by atoms with van der Waals surface area (Å²) < 4.78 is 0. The van der Waals surface area contributed by atoms with Gasteiger partial charge in [0.05, 0.1) is 11.0 Å². The second-order valence-corrected chi connectivity index (χ2v) is 5.55. The summed E-state index contributed by atoms with van der Waals surface area (Å²) in [7, 11) is 0. The Bertz CT molecular complexity index is 530. The zero-order valence-corrected chi connectivity index (χ0v) is 12.5. The Kier molecular flexibility index (Phi) is 4.46. The van der Waals surface area contributed by atoms with Crippen molar-refractivity contribution >= 4 is 16.7 Å². The van der Waals surface area contributed by atoms with E-state index in [2.05, 4.69) is 54.3 Å². The molecule has 19 heavy (non-hydrogen) atoms. The predicted octanol–water partition coefficient (Wildman–Crippen LogP) is 4.50. The summed E-state index contributed by atoms with van der Waals surface area (Å²) in [6, 6.07) is 6.92. The van der Waals surface area contributed by atoms with Crippen molar-refractivity contribution in [3.8, 4) is 0 Å². The number of rotatable bonds is 6. The number of imidazole rings is 1. The van der Waals surface area contributed by atoms with E-state index in [9.17, 15) is 0 Å². The highest BCUT2D eigenvalue weighted by Gasteiger charge is 2.10. The molecule has 0 saturated carbocycles. The third kappa shape index (κ3) is 3.49. The maximum absolute atomic E-state index is 4.43. The molecule has 1 heterocycles. The minimum atomic E-state index is 0.552. The highest BCUT2D eigenvalue weighted by molar-refractivity contribution is 5.79. The summed E-state index contributed by atoms with van der Waals surface area (Å²) in [6.07, 6.45) is 3.63. The van der Waals surface area contributed by atoms with Crippen LogP contribution in [0, 0.1) is 12.8 Å². The Morgan fingerprint density at radius 2 is 2.05 bits per heavy atom. The van der Waals surface area contributed by atoms with Gasteiger partial charge in [-0.15, -0.1) is 0 Å². The first kappa shape index (κ1) is 13.9. The minimum absolute atomic E-state index is 0.552. The van der Waals surface area contributed by atoms with Gasteiger partial charge < -0.3 is 10.3 Å². The highest BCUT2D eigenvalue weighted by Crippen LogP contribution is 2.21. The molecule has 0 aliphatic rings. The summed E-state index contributed by atoms with van der Waals surface area (Å²) in [5, 5.41) is 3.65. The summed E-state index contributed by atoms with van der Waals surface area (Å²) in [6.45, 7) is 8.83. The normalized spacial score (nSPS) is 14.5. The number of hydrogen-bond acceptors (Lipinski definition) is 2. The second-order valence-electron chi connectivity index (χ2n) is 5.55. The van der Waals surface area contributed by atoms with Crippen LogP contribution in [0.1, 0.15) is 45.9 Å². The lowest BCUT2D eigenvalue weighted by Crippen LogP contribution is -2.21. The number of hydrogen-bond donors (Lipinski definition) is 2. The third-order valence-electron chi connectivity index (χ3n) is 3.85. The summed E-state index contributed by atoms with van der Waals surface area (Å²) in [4.78, 5) is 7.72. The van der Waals surface area contributed by atoms with Crippen LogP contribution in [0.2, 0.25) is 0 Å². The van der Waals surface area contributed by atoms with E-state index in [-0.39, 0.29) is 0 Å². The SMILES string of the molecule is CCC(C)CC(CC)Nc1ccc2nc(C)[nH]c2c1. The topological polar surface area (TPSA) is 40.7 Å². The van der Waals surface area contributed by atoms with E-state index in [4.69, 9.17) is 0 Å². The van der Waals surface area contributed by atoms with Gasteiger partial charge in [0.2, 0.25) is 0 Å². The van der Waals surface area contributed by atoms with Crippen molar-refractivity contribution in [2.45, 2.75) is 53.0 Å². The number of benzene rings is 1. The van der Waals surface area contributed by atoms with E-state index in [1.165, 1.54) is 18.5 Å². The van der Waals surface area contributed by atoms with Gasteiger partial charge in [-0.25, -0.2) is 4.98 Å². The molecule has 0 fully saturated rings. The van der Waals surface area contributed by atoms with Gasteiger partial charge in [-0.1, -0.05) is 27.2 Å².